The predicted octanol–water partition coefficient (Wildman–Crippen LogP) is 3.62. The summed E-state index contributed by atoms with van der Waals surface area (Å²) >= 11 is 0. The van der Waals surface area contributed by atoms with E-state index in [0.717, 1.165) is 23.9 Å². The van der Waals surface area contributed by atoms with E-state index in [1.165, 1.54) is 12.3 Å². The van der Waals surface area contributed by atoms with Crippen molar-refractivity contribution in [2.75, 3.05) is 12.4 Å². The van der Waals surface area contributed by atoms with Gasteiger partial charge < -0.3 is 14.5 Å². The van der Waals surface area contributed by atoms with Gasteiger partial charge in [0, 0.05) is 11.6 Å². The second-order valence-electron chi connectivity index (χ2n) is 11.8. The van der Waals surface area contributed by atoms with E-state index < -0.39 is 70.3 Å². The van der Waals surface area contributed by atoms with Crippen LogP contribution in [-0.4, -0.2) is 55.7 Å². The minimum atomic E-state index is -4.54. The van der Waals surface area contributed by atoms with Crippen molar-refractivity contribution in [3.8, 4) is 0 Å². The second-order valence-corrected chi connectivity index (χ2v) is 11.8. The number of halogens is 3. The number of pyridine rings is 1. The van der Waals surface area contributed by atoms with Gasteiger partial charge in [-0.25, -0.2) is 9.78 Å². The summed E-state index contributed by atoms with van der Waals surface area (Å²) in [6.45, 7) is 8.21. The number of hydrogen-bond donors (Lipinski definition) is 2. The van der Waals surface area contributed by atoms with Gasteiger partial charge in [-0.05, 0) is 30.9 Å². The highest BCUT2D eigenvalue weighted by Crippen LogP contribution is 2.52. The van der Waals surface area contributed by atoms with E-state index in [-0.39, 0.29) is 17.4 Å². The summed E-state index contributed by atoms with van der Waals surface area (Å²) < 4.78 is 50.3. The van der Waals surface area contributed by atoms with E-state index in [9.17, 15) is 32.3 Å². The molecule has 13 nitrogen and oxygen atoms in total. The van der Waals surface area contributed by atoms with Crippen molar-refractivity contribution in [3.63, 3.8) is 0 Å². The van der Waals surface area contributed by atoms with Crippen molar-refractivity contribution in [2.45, 2.75) is 77.1 Å². The molecule has 44 heavy (non-hydrogen) atoms. The van der Waals surface area contributed by atoms with Crippen LogP contribution in [0.4, 0.5) is 23.7 Å². The van der Waals surface area contributed by atoms with Gasteiger partial charge in [0.1, 0.15) is 18.1 Å². The summed E-state index contributed by atoms with van der Waals surface area (Å²) in [5, 5.41) is 12.7. The zero-order valence-electron chi connectivity index (χ0n) is 24.9. The minimum Gasteiger partial charge on any atom is -0.453 e. The fourth-order valence-corrected chi connectivity index (χ4v) is 4.58. The highest BCUT2D eigenvalue weighted by atomic mass is 19.4. The van der Waals surface area contributed by atoms with Crippen molar-refractivity contribution >= 4 is 23.5 Å². The first-order chi connectivity index (χ1) is 20.5. The first kappa shape index (κ1) is 32.3. The molecule has 0 unspecified atom stereocenters. The van der Waals surface area contributed by atoms with Crippen LogP contribution in [0.2, 0.25) is 0 Å². The summed E-state index contributed by atoms with van der Waals surface area (Å²) in [6, 6.07) is 1.03. The van der Waals surface area contributed by atoms with Crippen LogP contribution in [0.15, 0.2) is 33.7 Å². The molecule has 0 radical (unpaired) electrons. The van der Waals surface area contributed by atoms with E-state index in [4.69, 9.17) is 4.42 Å². The average Bonchev–Trinajstić information content (AvgIpc) is 3.60. The Morgan fingerprint density at radius 3 is 2.30 bits per heavy atom. The van der Waals surface area contributed by atoms with Crippen LogP contribution in [0.25, 0.3) is 0 Å². The number of ether oxygens (including phenoxy) is 1. The van der Waals surface area contributed by atoms with E-state index in [1.54, 1.807) is 34.6 Å². The fourth-order valence-electron chi connectivity index (χ4n) is 4.58. The lowest BCUT2D eigenvalue weighted by molar-refractivity contribution is -0.137. The summed E-state index contributed by atoms with van der Waals surface area (Å²) in [7, 11) is 1.13. The van der Waals surface area contributed by atoms with E-state index in [1.807, 2.05) is 0 Å². The third-order valence-corrected chi connectivity index (χ3v) is 7.08. The largest absolute Gasteiger partial charge is 0.453 e. The molecule has 16 heteroatoms. The first-order valence-electron chi connectivity index (χ1n) is 13.6. The van der Waals surface area contributed by atoms with Crippen LogP contribution >= 0.6 is 0 Å². The number of hydrogen-bond acceptors (Lipinski definition) is 10. The van der Waals surface area contributed by atoms with Crippen LogP contribution in [0.1, 0.15) is 81.1 Å². The minimum absolute atomic E-state index is 0.0318. The zero-order chi connectivity index (χ0) is 32.6. The van der Waals surface area contributed by atoms with E-state index in [2.05, 4.69) is 35.5 Å². The van der Waals surface area contributed by atoms with Gasteiger partial charge >= 0.3 is 12.3 Å². The molecule has 0 saturated heterocycles. The molecule has 236 valence electrons. The maximum atomic E-state index is 13.4. The molecule has 1 saturated carbocycles. The molecule has 4 rings (SSSR count). The Morgan fingerprint density at radius 2 is 1.77 bits per heavy atom. The SMILES string of the molecule is COC(=O)Nc1cnc(C(C)(C)C)n(CC(=O)N[C@@H](C(=O)c2nnc(C3(c4ccc(C(F)(F)F)cn4)CC3)o2)C(C)C)c1=O. The van der Waals surface area contributed by atoms with Crippen molar-refractivity contribution in [2.24, 2.45) is 5.92 Å². The third-order valence-electron chi connectivity index (χ3n) is 7.08. The molecule has 1 fully saturated rings. The monoisotopic (exact) mass is 619 g/mol. The quantitative estimate of drug-likeness (QED) is 0.337. The molecular formula is C28H32F3N7O6. The zero-order valence-corrected chi connectivity index (χ0v) is 24.9. The lowest BCUT2D eigenvalue weighted by atomic mass is 9.95. The normalized spacial score (nSPS) is 15.0. The van der Waals surface area contributed by atoms with Crippen LogP contribution in [0.3, 0.4) is 0 Å². The fraction of sp³-hybridized carbons (Fsp3) is 0.500. The van der Waals surface area contributed by atoms with Crippen LogP contribution in [0.5, 0.6) is 0 Å². The highest BCUT2D eigenvalue weighted by molar-refractivity contribution is 5.98. The summed E-state index contributed by atoms with van der Waals surface area (Å²) in [4.78, 5) is 59.8. The number of nitrogens with zero attached hydrogens (tertiary/aromatic N) is 5. The number of carbonyl (C=O) groups excluding carboxylic acids is 3. The molecule has 2 amide bonds. The number of aromatic nitrogens is 5. The topological polar surface area (TPSA) is 171 Å². The molecule has 0 bridgehead atoms. The molecule has 3 heterocycles. The summed E-state index contributed by atoms with van der Waals surface area (Å²) in [5.41, 5.74) is -3.08. The molecular weight excluding hydrogens is 587 g/mol. The van der Waals surface area contributed by atoms with Gasteiger partial charge in [-0.2, -0.15) is 13.2 Å². The maximum Gasteiger partial charge on any atom is 0.417 e. The lowest BCUT2D eigenvalue weighted by Gasteiger charge is -2.24. The van der Waals surface area contributed by atoms with E-state index >= 15 is 0 Å². The van der Waals surface area contributed by atoms with Crippen LogP contribution < -0.4 is 16.2 Å². The molecule has 2 N–H and O–H groups in total. The number of methoxy groups -OCH3 is 1. The van der Waals surface area contributed by atoms with Crippen LogP contribution in [0, 0.1) is 5.92 Å². The van der Waals surface area contributed by atoms with Crippen molar-refractivity contribution in [1.82, 2.24) is 30.0 Å². The molecule has 0 spiro atoms. The standard InChI is InChI=1S/C28H32F3N7O6/c1-14(2)19(35-18(39)13-38-22(41)16(34-25(42)43-6)12-33-23(38)26(3,4)5)20(40)21-36-37-24(44-21)27(9-10-27)17-8-7-15(11-32-17)28(29,30)31/h7-8,11-12,14,19H,9-10,13H2,1-6H3,(H,34,42)(H,35,39)/t19-/m1/s1. The van der Waals surface area contributed by atoms with E-state index in [0.29, 0.717) is 18.5 Å². The van der Waals surface area contributed by atoms with Gasteiger partial charge in [0.15, 0.2) is 0 Å². The average molecular weight is 620 g/mol. The number of carbonyl (C=O) groups is 3. The van der Waals surface area contributed by atoms with Crippen molar-refractivity contribution in [3.05, 3.63) is 63.7 Å². The van der Waals surface area contributed by atoms with Gasteiger partial charge in [0.05, 0.1) is 36.0 Å². The molecule has 1 aliphatic carbocycles. The number of ketones is 1. The third kappa shape index (κ3) is 6.63. The number of anilines is 1. The Morgan fingerprint density at radius 1 is 1.09 bits per heavy atom. The Balaban J connectivity index is 1.55. The van der Waals surface area contributed by atoms with Crippen molar-refractivity contribution < 1.29 is 36.7 Å². The highest BCUT2D eigenvalue weighted by Gasteiger charge is 2.52. The van der Waals surface area contributed by atoms with Crippen LogP contribution in [-0.2, 0) is 33.1 Å². The number of amides is 2. The van der Waals surface area contributed by atoms with Gasteiger partial charge in [0.25, 0.3) is 11.4 Å². The lowest BCUT2D eigenvalue weighted by Crippen LogP contribution is -2.47. The summed E-state index contributed by atoms with van der Waals surface area (Å²) in [5.74, 6) is -1.94. The Labute approximate surface area is 249 Å². The Kier molecular flexibility index (Phi) is 8.66. The number of rotatable bonds is 9. The van der Waals surface area contributed by atoms with Gasteiger partial charge in [-0.3, -0.25) is 29.3 Å². The Hall–Kier alpha value is -4.63. The number of alkyl halides is 3. The molecule has 3 aromatic heterocycles. The first-order valence-corrected chi connectivity index (χ1v) is 13.6. The second kappa shape index (κ2) is 11.8. The molecule has 1 aliphatic rings. The maximum absolute atomic E-state index is 13.4. The number of Topliss-reactive ketones (excluding diaryl/α,β-unsaturated/α-hetero) is 1. The van der Waals surface area contributed by atoms with Crippen molar-refractivity contribution in [1.29, 1.82) is 0 Å². The van der Waals surface area contributed by atoms with Gasteiger partial charge in [0.2, 0.25) is 17.6 Å². The summed E-state index contributed by atoms with van der Waals surface area (Å²) in [6.07, 6.45) is -2.56. The van der Waals surface area contributed by atoms with Gasteiger partial charge in [-0.1, -0.05) is 34.6 Å². The predicted molar refractivity (Wildman–Crippen MR) is 148 cm³/mol. The molecule has 0 aromatic carbocycles. The smallest absolute Gasteiger partial charge is 0.417 e. The van der Waals surface area contributed by atoms with Gasteiger partial charge in [-0.15, -0.1) is 10.2 Å². The Bertz CT molecular complexity index is 1620. The number of nitrogens with one attached hydrogen (secondary N) is 2. The molecule has 1 atom stereocenters. The molecule has 3 aromatic rings. The molecule has 0 aliphatic heterocycles.